The van der Waals surface area contributed by atoms with E-state index in [1.54, 1.807) is 6.20 Å². The lowest BCUT2D eigenvalue weighted by molar-refractivity contribution is 0.168. The molecule has 1 rings (SSSR count). The fourth-order valence-corrected chi connectivity index (χ4v) is 1.24. The molecule has 1 aromatic rings. The summed E-state index contributed by atoms with van der Waals surface area (Å²) < 4.78 is 0. The van der Waals surface area contributed by atoms with Gasteiger partial charge in [-0.1, -0.05) is 19.9 Å². The second-order valence-corrected chi connectivity index (χ2v) is 2.83. The van der Waals surface area contributed by atoms with Crippen LogP contribution in [0.3, 0.4) is 0 Å². The van der Waals surface area contributed by atoms with Gasteiger partial charge in [0.25, 0.3) is 0 Å². The summed E-state index contributed by atoms with van der Waals surface area (Å²) in [7, 11) is 0. The van der Waals surface area contributed by atoms with E-state index in [4.69, 9.17) is 0 Å². The Labute approximate surface area is 73.3 Å². The Kier molecular flexibility index (Phi) is 3.23. The van der Waals surface area contributed by atoms with Crippen LogP contribution in [0.15, 0.2) is 18.3 Å². The minimum absolute atomic E-state index is 0.402. The number of hydrogen-bond acceptors (Lipinski definition) is 2. The predicted molar refractivity (Wildman–Crippen MR) is 48.9 cm³/mol. The van der Waals surface area contributed by atoms with Crippen LogP contribution in [0.5, 0.6) is 0 Å². The summed E-state index contributed by atoms with van der Waals surface area (Å²) in [6.07, 6.45) is 2.98. The molecule has 0 spiro atoms. The summed E-state index contributed by atoms with van der Waals surface area (Å²) in [6.45, 7) is 4.03. The van der Waals surface area contributed by atoms with E-state index < -0.39 is 6.10 Å². The zero-order valence-corrected chi connectivity index (χ0v) is 7.62. The summed E-state index contributed by atoms with van der Waals surface area (Å²) in [5, 5.41) is 9.58. The first-order valence-electron chi connectivity index (χ1n) is 4.41. The number of rotatable bonds is 3. The van der Waals surface area contributed by atoms with Crippen LogP contribution in [-0.4, -0.2) is 10.1 Å². The van der Waals surface area contributed by atoms with Gasteiger partial charge in [0, 0.05) is 6.20 Å². The van der Waals surface area contributed by atoms with Crippen molar-refractivity contribution in [2.45, 2.75) is 32.8 Å². The van der Waals surface area contributed by atoms with Crippen LogP contribution in [0.1, 0.15) is 37.6 Å². The number of nitrogens with zero attached hydrogens (tertiary/aromatic N) is 1. The van der Waals surface area contributed by atoms with Crippen molar-refractivity contribution in [1.29, 1.82) is 0 Å². The molecule has 2 nitrogen and oxygen atoms in total. The highest BCUT2D eigenvalue weighted by Crippen LogP contribution is 2.17. The molecule has 0 fully saturated rings. The van der Waals surface area contributed by atoms with E-state index in [2.05, 4.69) is 11.9 Å². The van der Waals surface area contributed by atoms with Gasteiger partial charge in [0.05, 0.1) is 11.8 Å². The van der Waals surface area contributed by atoms with Gasteiger partial charge in [0.15, 0.2) is 0 Å². The van der Waals surface area contributed by atoms with Crippen molar-refractivity contribution in [2.75, 3.05) is 0 Å². The molecule has 0 saturated heterocycles. The fourth-order valence-electron chi connectivity index (χ4n) is 1.24. The molecule has 0 saturated carbocycles. The molecular formula is C10H15NO. The van der Waals surface area contributed by atoms with E-state index in [1.165, 1.54) is 0 Å². The maximum Gasteiger partial charge on any atom is 0.0959 e. The van der Waals surface area contributed by atoms with Crippen molar-refractivity contribution in [3.8, 4) is 0 Å². The number of hydrogen-bond donors (Lipinski definition) is 1. The van der Waals surface area contributed by atoms with Gasteiger partial charge >= 0.3 is 0 Å². The van der Waals surface area contributed by atoms with Crippen molar-refractivity contribution in [2.24, 2.45) is 0 Å². The van der Waals surface area contributed by atoms with Gasteiger partial charge in [0.1, 0.15) is 0 Å². The molecule has 12 heavy (non-hydrogen) atoms. The van der Waals surface area contributed by atoms with Crippen molar-refractivity contribution in [3.05, 3.63) is 29.6 Å². The first-order valence-corrected chi connectivity index (χ1v) is 4.41. The normalized spacial score (nSPS) is 12.9. The molecule has 0 amide bonds. The Morgan fingerprint density at radius 1 is 1.50 bits per heavy atom. The van der Waals surface area contributed by atoms with Crippen LogP contribution in [0, 0.1) is 0 Å². The Bertz CT molecular complexity index is 247. The average molecular weight is 165 g/mol. The maximum absolute atomic E-state index is 9.58. The highest BCUT2D eigenvalue weighted by atomic mass is 16.3. The van der Waals surface area contributed by atoms with Crippen molar-refractivity contribution in [3.63, 3.8) is 0 Å². The lowest BCUT2D eigenvalue weighted by atomic mass is 10.1. The fraction of sp³-hybridized carbons (Fsp3) is 0.500. The molecular weight excluding hydrogens is 150 g/mol. The van der Waals surface area contributed by atoms with Gasteiger partial charge in [-0.2, -0.15) is 0 Å². The van der Waals surface area contributed by atoms with Gasteiger partial charge in [-0.05, 0) is 24.5 Å². The predicted octanol–water partition coefficient (Wildman–Crippen LogP) is 2.09. The Balaban J connectivity index is 2.96. The Morgan fingerprint density at radius 2 is 2.25 bits per heavy atom. The number of aryl methyl sites for hydroxylation is 1. The SMILES string of the molecule is CCc1cccnc1[C@@H](O)CC. The van der Waals surface area contributed by atoms with Gasteiger partial charge in [0.2, 0.25) is 0 Å². The molecule has 1 heterocycles. The molecule has 0 radical (unpaired) electrons. The van der Waals surface area contributed by atoms with Crippen LogP contribution in [0.2, 0.25) is 0 Å². The molecule has 1 aromatic heterocycles. The smallest absolute Gasteiger partial charge is 0.0959 e. The van der Waals surface area contributed by atoms with Gasteiger partial charge in [-0.15, -0.1) is 0 Å². The van der Waals surface area contributed by atoms with Crippen molar-refractivity contribution < 1.29 is 5.11 Å². The molecule has 1 atom stereocenters. The number of aliphatic hydroxyl groups is 1. The van der Waals surface area contributed by atoms with Crippen LogP contribution < -0.4 is 0 Å². The zero-order chi connectivity index (χ0) is 8.97. The highest BCUT2D eigenvalue weighted by molar-refractivity contribution is 5.21. The Hall–Kier alpha value is -0.890. The largest absolute Gasteiger partial charge is 0.387 e. The van der Waals surface area contributed by atoms with E-state index in [9.17, 15) is 5.11 Å². The summed E-state index contributed by atoms with van der Waals surface area (Å²) in [5.74, 6) is 0. The monoisotopic (exact) mass is 165 g/mol. The molecule has 2 heteroatoms. The van der Waals surface area contributed by atoms with E-state index >= 15 is 0 Å². The quantitative estimate of drug-likeness (QED) is 0.744. The minimum atomic E-state index is -0.402. The molecule has 0 aliphatic rings. The maximum atomic E-state index is 9.58. The average Bonchev–Trinajstić information content (AvgIpc) is 2.16. The summed E-state index contributed by atoms with van der Waals surface area (Å²) >= 11 is 0. The minimum Gasteiger partial charge on any atom is -0.387 e. The van der Waals surface area contributed by atoms with Crippen molar-refractivity contribution in [1.82, 2.24) is 4.98 Å². The van der Waals surface area contributed by atoms with E-state index in [0.29, 0.717) is 0 Å². The molecule has 66 valence electrons. The highest BCUT2D eigenvalue weighted by Gasteiger charge is 2.09. The first kappa shape index (κ1) is 9.20. The molecule has 1 N–H and O–H groups in total. The van der Waals surface area contributed by atoms with Gasteiger partial charge < -0.3 is 5.11 Å². The third-order valence-electron chi connectivity index (χ3n) is 2.01. The van der Waals surface area contributed by atoms with Crippen LogP contribution >= 0.6 is 0 Å². The molecule has 0 aromatic carbocycles. The standard InChI is InChI=1S/C10H15NO/c1-3-8-6-5-7-11-10(8)9(12)4-2/h5-7,9,12H,3-4H2,1-2H3/t9-/m0/s1. The van der Waals surface area contributed by atoms with E-state index in [-0.39, 0.29) is 0 Å². The van der Waals surface area contributed by atoms with Gasteiger partial charge in [-0.25, -0.2) is 0 Å². The summed E-state index contributed by atoms with van der Waals surface area (Å²) in [6, 6.07) is 3.92. The van der Waals surface area contributed by atoms with Crippen LogP contribution in [0.25, 0.3) is 0 Å². The van der Waals surface area contributed by atoms with Crippen LogP contribution in [-0.2, 0) is 6.42 Å². The second-order valence-electron chi connectivity index (χ2n) is 2.83. The third-order valence-corrected chi connectivity index (χ3v) is 2.01. The molecule has 0 unspecified atom stereocenters. The van der Waals surface area contributed by atoms with Crippen LogP contribution in [0.4, 0.5) is 0 Å². The summed E-state index contributed by atoms with van der Waals surface area (Å²) in [5.41, 5.74) is 1.98. The number of pyridine rings is 1. The topological polar surface area (TPSA) is 33.1 Å². The third kappa shape index (κ3) is 1.83. The number of aliphatic hydroxyl groups excluding tert-OH is 1. The van der Waals surface area contributed by atoms with Gasteiger partial charge in [-0.3, -0.25) is 4.98 Å². The lowest BCUT2D eigenvalue weighted by Gasteiger charge is -2.10. The summed E-state index contributed by atoms with van der Waals surface area (Å²) in [4.78, 5) is 4.17. The molecule has 0 bridgehead atoms. The van der Waals surface area contributed by atoms with E-state index in [0.717, 1.165) is 24.1 Å². The second kappa shape index (κ2) is 4.21. The first-order chi connectivity index (χ1) is 5.79. The molecule has 0 aliphatic heterocycles. The zero-order valence-electron chi connectivity index (χ0n) is 7.62. The lowest BCUT2D eigenvalue weighted by Crippen LogP contribution is -2.02. The molecule has 0 aliphatic carbocycles. The number of aromatic nitrogens is 1. The van der Waals surface area contributed by atoms with E-state index in [1.807, 2.05) is 19.1 Å². The van der Waals surface area contributed by atoms with Crippen molar-refractivity contribution >= 4 is 0 Å². The Morgan fingerprint density at radius 3 is 2.83 bits per heavy atom.